The van der Waals surface area contributed by atoms with Crippen molar-refractivity contribution in [3.8, 4) is 5.69 Å². The predicted molar refractivity (Wildman–Crippen MR) is 78.4 cm³/mol. The van der Waals surface area contributed by atoms with E-state index in [1.807, 2.05) is 18.2 Å². The molecule has 6 heteroatoms. The van der Waals surface area contributed by atoms with E-state index in [1.165, 1.54) is 3.57 Å². The van der Waals surface area contributed by atoms with Crippen molar-refractivity contribution in [2.75, 3.05) is 6.54 Å². The molecule has 0 amide bonds. The molecular weight excluding hydrogens is 341 g/mol. The van der Waals surface area contributed by atoms with E-state index in [2.05, 4.69) is 63.3 Å². The van der Waals surface area contributed by atoms with Crippen molar-refractivity contribution in [2.24, 2.45) is 5.92 Å². The Morgan fingerprint density at radius 1 is 1.39 bits per heavy atom. The Labute approximate surface area is 120 Å². The second-order valence-corrected chi connectivity index (χ2v) is 5.76. The van der Waals surface area contributed by atoms with Crippen LogP contribution in [0.2, 0.25) is 0 Å². The zero-order chi connectivity index (χ0) is 13.0. The van der Waals surface area contributed by atoms with Gasteiger partial charge in [0.15, 0.2) is 5.82 Å². The lowest BCUT2D eigenvalue weighted by Gasteiger charge is -2.08. The van der Waals surface area contributed by atoms with Gasteiger partial charge in [-0.1, -0.05) is 19.9 Å². The van der Waals surface area contributed by atoms with Crippen LogP contribution in [0.1, 0.15) is 19.7 Å². The van der Waals surface area contributed by atoms with Gasteiger partial charge in [-0.2, -0.15) is 4.68 Å². The van der Waals surface area contributed by atoms with E-state index in [4.69, 9.17) is 0 Å². The van der Waals surface area contributed by atoms with Gasteiger partial charge in [-0.15, -0.1) is 5.10 Å². The Morgan fingerprint density at radius 2 is 2.22 bits per heavy atom. The lowest BCUT2D eigenvalue weighted by Crippen LogP contribution is -2.21. The summed E-state index contributed by atoms with van der Waals surface area (Å²) in [5.74, 6) is 1.45. The summed E-state index contributed by atoms with van der Waals surface area (Å²) in [6, 6.07) is 8.11. The Bertz CT molecular complexity index is 509. The third kappa shape index (κ3) is 3.49. The molecule has 0 aliphatic carbocycles. The van der Waals surface area contributed by atoms with Crippen LogP contribution >= 0.6 is 22.6 Å². The number of benzene rings is 1. The fourth-order valence-corrected chi connectivity index (χ4v) is 2.12. The molecule has 5 nitrogen and oxygen atoms in total. The van der Waals surface area contributed by atoms with Crippen LogP contribution in [0.15, 0.2) is 24.3 Å². The summed E-state index contributed by atoms with van der Waals surface area (Å²) in [5, 5.41) is 15.2. The number of hydrogen-bond acceptors (Lipinski definition) is 4. The van der Waals surface area contributed by atoms with E-state index < -0.39 is 0 Å². The van der Waals surface area contributed by atoms with E-state index in [0.717, 1.165) is 18.1 Å². The van der Waals surface area contributed by atoms with Gasteiger partial charge >= 0.3 is 0 Å². The lowest BCUT2D eigenvalue weighted by atomic mass is 10.2. The highest BCUT2D eigenvalue weighted by Gasteiger charge is 2.08. The molecule has 0 aliphatic rings. The first-order chi connectivity index (χ1) is 8.66. The summed E-state index contributed by atoms with van der Waals surface area (Å²) in [6.07, 6.45) is 0. The molecule has 0 aliphatic heterocycles. The van der Waals surface area contributed by atoms with Crippen molar-refractivity contribution < 1.29 is 0 Å². The van der Waals surface area contributed by atoms with Gasteiger partial charge in [0.05, 0.1) is 12.2 Å². The third-order valence-corrected chi connectivity index (χ3v) is 3.09. The monoisotopic (exact) mass is 357 g/mol. The number of rotatable bonds is 5. The highest BCUT2D eigenvalue weighted by atomic mass is 127. The summed E-state index contributed by atoms with van der Waals surface area (Å²) in [6.45, 7) is 5.99. The molecule has 0 saturated carbocycles. The van der Waals surface area contributed by atoms with Gasteiger partial charge in [0.2, 0.25) is 0 Å². The molecular formula is C12H16IN5. The van der Waals surface area contributed by atoms with Gasteiger partial charge in [-0.25, -0.2) is 0 Å². The number of nitrogens with zero attached hydrogens (tertiary/aromatic N) is 4. The number of tetrazole rings is 1. The molecule has 0 radical (unpaired) electrons. The summed E-state index contributed by atoms with van der Waals surface area (Å²) in [5.41, 5.74) is 0.994. The number of nitrogens with one attached hydrogen (secondary N) is 1. The second kappa shape index (κ2) is 6.24. The molecule has 1 aromatic carbocycles. The standard InChI is InChI=1S/C12H16IN5/c1-9(2)7-14-8-12-15-16-17-18(12)11-5-3-4-10(13)6-11/h3-6,9,14H,7-8H2,1-2H3. The van der Waals surface area contributed by atoms with Gasteiger partial charge in [-0.05, 0) is 63.7 Å². The fraction of sp³-hybridized carbons (Fsp3) is 0.417. The maximum Gasteiger partial charge on any atom is 0.170 e. The zero-order valence-electron chi connectivity index (χ0n) is 10.5. The van der Waals surface area contributed by atoms with E-state index >= 15 is 0 Å². The van der Waals surface area contributed by atoms with Crippen LogP contribution in [0.3, 0.4) is 0 Å². The van der Waals surface area contributed by atoms with Crippen LogP contribution in [-0.2, 0) is 6.54 Å². The molecule has 0 spiro atoms. The summed E-state index contributed by atoms with van der Waals surface area (Å²) >= 11 is 2.28. The quantitative estimate of drug-likeness (QED) is 0.832. The van der Waals surface area contributed by atoms with Crippen molar-refractivity contribution in [1.82, 2.24) is 25.5 Å². The van der Waals surface area contributed by atoms with Crippen LogP contribution in [0, 0.1) is 9.49 Å². The molecule has 1 aromatic heterocycles. The maximum atomic E-state index is 4.06. The average Bonchev–Trinajstić information content (AvgIpc) is 2.77. The van der Waals surface area contributed by atoms with Crippen LogP contribution in [0.4, 0.5) is 0 Å². The normalized spacial score (nSPS) is 11.1. The largest absolute Gasteiger partial charge is 0.310 e. The van der Waals surface area contributed by atoms with Crippen LogP contribution in [0.25, 0.3) is 5.69 Å². The van der Waals surface area contributed by atoms with E-state index in [9.17, 15) is 0 Å². The summed E-state index contributed by atoms with van der Waals surface area (Å²) in [7, 11) is 0. The van der Waals surface area contributed by atoms with Crippen molar-refractivity contribution in [3.05, 3.63) is 33.7 Å². The van der Waals surface area contributed by atoms with Crippen molar-refractivity contribution >= 4 is 22.6 Å². The van der Waals surface area contributed by atoms with Crippen molar-refractivity contribution in [3.63, 3.8) is 0 Å². The minimum absolute atomic E-state index is 0.618. The van der Waals surface area contributed by atoms with Crippen LogP contribution < -0.4 is 5.32 Å². The van der Waals surface area contributed by atoms with Crippen molar-refractivity contribution in [2.45, 2.75) is 20.4 Å². The number of halogens is 1. The number of hydrogen-bond donors (Lipinski definition) is 1. The lowest BCUT2D eigenvalue weighted by molar-refractivity contribution is 0.537. The molecule has 2 rings (SSSR count). The molecule has 96 valence electrons. The Balaban J connectivity index is 2.12. The van der Waals surface area contributed by atoms with Gasteiger partial charge < -0.3 is 5.32 Å². The highest BCUT2D eigenvalue weighted by molar-refractivity contribution is 14.1. The second-order valence-electron chi connectivity index (χ2n) is 4.51. The zero-order valence-corrected chi connectivity index (χ0v) is 12.6. The maximum absolute atomic E-state index is 4.06. The first kappa shape index (κ1) is 13.4. The molecule has 0 atom stereocenters. The topological polar surface area (TPSA) is 55.6 Å². The minimum Gasteiger partial charge on any atom is -0.310 e. The molecule has 1 heterocycles. The summed E-state index contributed by atoms with van der Waals surface area (Å²) < 4.78 is 2.94. The van der Waals surface area contributed by atoms with Gasteiger partial charge in [0.1, 0.15) is 0 Å². The minimum atomic E-state index is 0.618. The van der Waals surface area contributed by atoms with E-state index in [0.29, 0.717) is 12.5 Å². The summed E-state index contributed by atoms with van der Waals surface area (Å²) in [4.78, 5) is 0. The molecule has 1 N–H and O–H groups in total. The van der Waals surface area contributed by atoms with Gasteiger partial charge in [0.25, 0.3) is 0 Å². The first-order valence-corrected chi connectivity index (χ1v) is 6.98. The number of aromatic nitrogens is 4. The Kier molecular flexibility index (Phi) is 4.65. The molecule has 0 fully saturated rings. The van der Waals surface area contributed by atoms with Gasteiger partial charge in [0, 0.05) is 3.57 Å². The molecule has 0 unspecified atom stereocenters. The smallest absolute Gasteiger partial charge is 0.170 e. The van der Waals surface area contributed by atoms with Crippen LogP contribution in [0.5, 0.6) is 0 Å². The molecule has 0 saturated heterocycles. The molecule has 0 bridgehead atoms. The average molecular weight is 357 g/mol. The van der Waals surface area contributed by atoms with Crippen molar-refractivity contribution in [1.29, 1.82) is 0 Å². The molecule has 18 heavy (non-hydrogen) atoms. The molecule has 2 aromatic rings. The Morgan fingerprint density at radius 3 is 2.94 bits per heavy atom. The third-order valence-electron chi connectivity index (χ3n) is 2.42. The van der Waals surface area contributed by atoms with Gasteiger partial charge in [-0.3, -0.25) is 0 Å². The Hall–Kier alpha value is -1.02. The van der Waals surface area contributed by atoms with E-state index in [-0.39, 0.29) is 0 Å². The fourth-order valence-electron chi connectivity index (χ4n) is 1.60. The predicted octanol–water partition coefficient (Wildman–Crippen LogP) is 2.01. The van der Waals surface area contributed by atoms with Crippen LogP contribution in [-0.4, -0.2) is 26.8 Å². The highest BCUT2D eigenvalue weighted by Crippen LogP contribution is 2.12. The van der Waals surface area contributed by atoms with E-state index in [1.54, 1.807) is 4.68 Å². The SMILES string of the molecule is CC(C)CNCc1nnnn1-c1cccc(I)c1. The first-order valence-electron chi connectivity index (χ1n) is 5.90.